The van der Waals surface area contributed by atoms with Crippen LogP contribution in [0.5, 0.6) is 0 Å². The number of hydrogen-bond donors (Lipinski definition) is 1. The van der Waals surface area contributed by atoms with Crippen LogP contribution in [0.3, 0.4) is 0 Å². The predicted molar refractivity (Wildman–Crippen MR) is 65.3 cm³/mol. The van der Waals surface area contributed by atoms with Gasteiger partial charge in [-0.3, -0.25) is 4.90 Å². The van der Waals surface area contributed by atoms with Crippen LogP contribution in [0.2, 0.25) is 0 Å². The number of aryl methyl sites for hydroxylation is 1. The molecular weight excluding hydrogens is 200 g/mol. The van der Waals surface area contributed by atoms with Crippen molar-refractivity contribution in [1.29, 1.82) is 0 Å². The predicted octanol–water partition coefficient (Wildman–Crippen LogP) is 2.29. The molecule has 1 aromatic heterocycles. The molecule has 1 heterocycles. The summed E-state index contributed by atoms with van der Waals surface area (Å²) < 4.78 is 5.86. The topological polar surface area (TPSA) is 28.4 Å². The molecule has 0 bridgehead atoms. The van der Waals surface area contributed by atoms with Gasteiger partial charge in [0.05, 0.1) is 13.1 Å². The molecule has 1 aliphatic rings. The normalized spacial score (nSPS) is 16.0. The Morgan fingerprint density at radius 2 is 2.25 bits per heavy atom. The first kappa shape index (κ1) is 11.7. The van der Waals surface area contributed by atoms with Crippen molar-refractivity contribution in [1.82, 2.24) is 10.2 Å². The van der Waals surface area contributed by atoms with Gasteiger partial charge in [0.2, 0.25) is 0 Å². The van der Waals surface area contributed by atoms with E-state index in [0.29, 0.717) is 0 Å². The van der Waals surface area contributed by atoms with Crippen molar-refractivity contribution in [2.45, 2.75) is 45.8 Å². The van der Waals surface area contributed by atoms with Crippen LogP contribution in [0.15, 0.2) is 10.5 Å². The van der Waals surface area contributed by atoms with E-state index in [0.717, 1.165) is 37.2 Å². The van der Waals surface area contributed by atoms with Gasteiger partial charge in [-0.25, -0.2) is 0 Å². The zero-order valence-electron chi connectivity index (χ0n) is 10.5. The Morgan fingerprint density at radius 3 is 2.88 bits per heavy atom. The summed E-state index contributed by atoms with van der Waals surface area (Å²) in [5.74, 6) is 2.18. The van der Waals surface area contributed by atoms with E-state index in [-0.39, 0.29) is 0 Å². The lowest BCUT2D eigenvalue weighted by atomic mass is 10.2. The number of nitrogens with zero attached hydrogens (tertiary/aromatic N) is 1. The molecule has 1 aromatic rings. The van der Waals surface area contributed by atoms with E-state index >= 15 is 0 Å². The minimum atomic E-state index is 0.742. The van der Waals surface area contributed by atoms with E-state index in [2.05, 4.69) is 37.2 Å². The molecule has 1 N–H and O–H groups in total. The first-order chi connectivity index (χ1) is 7.69. The number of rotatable bonds is 6. The zero-order chi connectivity index (χ0) is 11.5. The van der Waals surface area contributed by atoms with Gasteiger partial charge in [-0.2, -0.15) is 0 Å². The molecule has 0 amide bonds. The third-order valence-corrected chi connectivity index (χ3v) is 3.17. The maximum atomic E-state index is 5.86. The highest BCUT2D eigenvalue weighted by atomic mass is 16.3. The summed E-state index contributed by atoms with van der Waals surface area (Å²) in [6.07, 6.45) is 2.65. The highest BCUT2D eigenvalue weighted by molar-refractivity contribution is 5.20. The van der Waals surface area contributed by atoms with Crippen LogP contribution >= 0.6 is 0 Å². The lowest BCUT2D eigenvalue weighted by Crippen LogP contribution is -2.16. The van der Waals surface area contributed by atoms with Gasteiger partial charge >= 0.3 is 0 Å². The Kier molecular flexibility index (Phi) is 3.66. The summed E-state index contributed by atoms with van der Waals surface area (Å²) in [4.78, 5) is 2.25. The van der Waals surface area contributed by atoms with Gasteiger partial charge in [-0.05, 0) is 45.0 Å². The van der Waals surface area contributed by atoms with E-state index in [1.54, 1.807) is 0 Å². The molecule has 0 spiro atoms. The maximum Gasteiger partial charge on any atom is 0.120 e. The minimum absolute atomic E-state index is 0.742. The molecule has 90 valence electrons. The Hall–Kier alpha value is -0.800. The third-order valence-electron chi connectivity index (χ3n) is 3.17. The molecule has 2 rings (SSSR count). The van der Waals surface area contributed by atoms with Crippen LogP contribution < -0.4 is 5.32 Å². The van der Waals surface area contributed by atoms with Crippen molar-refractivity contribution >= 4 is 0 Å². The van der Waals surface area contributed by atoms with Gasteiger partial charge < -0.3 is 9.73 Å². The van der Waals surface area contributed by atoms with E-state index in [9.17, 15) is 0 Å². The van der Waals surface area contributed by atoms with Crippen LogP contribution in [0.1, 0.15) is 36.8 Å². The van der Waals surface area contributed by atoms with Gasteiger partial charge in [-0.15, -0.1) is 0 Å². The summed E-state index contributed by atoms with van der Waals surface area (Å²) in [7, 11) is 2.11. The van der Waals surface area contributed by atoms with Gasteiger partial charge in [0.15, 0.2) is 0 Å². The quantitative estimate of drug-likeness (QED) is 0.800. The number of nitrogens with one attached hydrogen (secondary N) is 1. The zero-order valence-corrected chi connectivity index (χ0v) is 10.5. The van der Waals surface area contributed by atoms with Crippen LogP contribution in [-0.4, -0.2) is 24.5 Å². The molecule has 1 fully saturated rings. The smallest absolute Gasteiger partial charge is 0.120 e. The first-order valence-corrected chi connectivity index (χ1v) is 6.19. The maximum absolute atomic E-state index is 5.86. The second-order valence-corrected chi connectivity index (χ2v) is 4.80. The van der Waals surface area contributed by atoms with E-state index in [1.165, 1.54) is 18.4 Å². The molecule has 0 unspecified atom stereocenters. The van der Waals surface area contributed by atoms with Crippen molar-refractivity contribution in [2.24, 2.45) is 0 Å². The fourth-order valence-corrected chi connectivity index (χ4v) is 1.75. The summed E-state index contributed by atoms with van der Waals surface area (Å²) in [5, 5.41) is 3.49. The third kappa shape index (κ3) is 3.09. The second kappa shape index (κ2) is 5.02. The average molecular weight is 222 g/mol. The molecule has 1 aliphatic carbocycles. The SMILES string of the molecule is CCN(C)Cc1cc(C)c(CNC2CC2)o1. The van der Waals surface area contributed by atoms with Gasteiger partial charge in [0, 0.05) is 6.04 Å². The number of furan rings is 1. The van der Waals surface area contributed by atoms with E-state index < -0.39 is 0 Å². The summed E-state index contributed by atoms with van der Waals surface area (Å²) in [6.45, 7) is 7.12. The van der Waals surface area contributed by atoms with Gasteiger partial charge in [0.25, 0.3) is 0 Å². The van der Waals surface area contributed by atoms with Crippen LogP contribution in [0.25, 0.3) is 0 Å². The van der Waals surface area contributed by atoms with Gasteiger partial charge in [0.1, 0.15) is 11.5 Å². The van der Waals surface area contributed by atoms with Crippen LogP contribution in [0, 0.1) is 6.92 Å². The Bertz CT molecular complexity index is 342. The Morgan fingerprint density at radius 1 is 1.50 bits per heavy atom. The van der Waals surface area contributed by atoms with Crippen molar-refractivity contribution in [3.63, 3.8) is 0 Å². The first-order valence-electron chi connectivity index (χ1n) is 6.19. The fraction of sp³-hybridized carbons (Fsp3) is 0.692. The van der Waals surface area contributed by atoms with Crippen molar-refractivity contribution in [2.75, 3.05) is 13.6 Å². The summed E-state index contributed by atoms with van der Waals surface area (Å²) >= 11 is 0. The minimum Gasteiger partial charge on any atom is -0.463 e. The molecule has 16 heavy (non-hydrogen) atoms. The van der Waals surface area contributed by atoms with Crippen LogP contribution in [-0.2, 0) is 13.1 Å². The Labute approximate surface area is 97.8 Å². The largest absolute Gasteiger partial charge is 0.463 e. The van der Waals surface area contributed by atoms with E-state index in [1.807, 2.05) is 0 Å². The molecule has 0 saturated heterocycles. The average Bonchev–Trinajstić information content (AvgIpc) is 3.01. The molecule has 0 atom stereocenters. The lowest BCUT2D eigenvalue weighted by molar-refractivity contribution is 0.302. The molecule has 0 aromatic carbocycles. The lowest BCUT2D eigenvalue weighted by Gasteiger charge is -2.10. The number of hydrogen-bond acceptors (Lipinski definition) is 3. The summed E-state index contributed by atoms with van der Waals surface area (Å²) in [5.41, 5.74) is 1.27. The molecule has 1 saturated carbocycles. The Balaban J connectivity index is 1.91. The van der Waals surface area contributed by atoms with Crippen molar-refractivity contribution in [3.05, 3.63) is 23.2 Å². The standard InChI is InChI=1S/C13H22N2O/c1-4-15(3)9-12-7-10(2)13(16-12)8-14-11-5-6-11/h7,11,14H,4-6,8-9H2,1-3H3. The highest BCUT2D eigenvalue weighted by Gasteiger charge is 2.21. The second-order valence-electron chi connectivity index (χ2n) is 4.80. The van der Waals surface area contributed by atoms with E-state index in [4.69, 9.17) is 4.42 Å². The fourth-order valence-electron chi connectivity index (χ4n) is 1.75. The van der Waals surface area contributed by atoms with Crippen molar-refractivity contribution < 1.29 is 4.42 Å². The summed E-state index contributed by atoms with van der Waals surface area (Å²) in [6, 6.07) is 2.90. The molecular formula is C13H22N2O. The van der Waals surface area contributed by atoms with Gasteiger partial charge in [-0.1, -0.05) is 6.92 Å². The molecule has 0 aliphatic heterocycles. The van der Waals surface area contributed by atoms with Crippen molar-refractivity contribution in [3.8, 4) is 0 Å². The molecule has 3 heteroatoms. The monoisotopic (exact) mass is 222 g/mol. The van der Waals surface area contributed by atoms with Crippen LogP contribution in [0.4, 0.5) is 0 Å². The highest BCUT2D eigenvalue weighted by Crippen LogP contribution is 2.21. The molecule has 0 radical (unpaired) electrons. The molecule has 3 nitrogen and oxygen atoms in total.